The molecule has 0 radical (unpaired) electrons. The predicted molar refractivity (Wildman–Crippen MR) is 82.0 cm³/mol. The van der Waals surface area contributed by atoms with Crippen LogP contribution in [-0.4, -0.2) is 24.1 Å². The number of benzene rings is 1. The van der Waals surface area contributed by atoms with E-state index < -0.39 is 0 Å². The van der Waals surface area contributed by atoms with E-state index in [1.54, 1.807) is 12.4 Å². The van der Waals surface area contributed by atoms with Gasteiger partial charge in [-0.25, -0.2) is 0 Å². The zero-order chi connectivity index (χ0) is 15.4. The van der Waals surface area contributed by atoms with Crippen LogP contribution in [0.4, 0.5) is 0 Å². The van der Waals surface area contributed by atoms with Crippen molar-refractivity contribution in [1.82, 2.24) is 10.3 Å². The van der Waals surface area contributed by atoms with Crippen molar-refractivity contribution in [3.8, 4) is 11.5 Å². The zero-order valence-electron chi connectivity index (χ0n) is 12.5. The molecular formula is C17H18N2O3. The van der Waals surface area contributed by atoms with Gasteiger partial charge in [-0.1, -0.05) is 0 Å². The highest BCUT2D eigenvalue weighted by Gasteiger charge is 2.15. The number of hydrogen-bond donors (Lipinski definition) is 1. The average Bonchev–Trinajstić information content (AvgIpc) is 2.55. The van der Waals surface area contributed by atoms with Crippen molar-refractivity contribution in [3.63, 3.8) is 0 Å². The van der Waals surface area contributed by atoms with E-state index in [2.05, 4.69) is 10.3 Å². The molecule has 0 atom stereocenters. The fourth-order valence-corrected chi connectivity index (χ4v) is 2.36. The van der Waals surface area contributed by atoms with Crippen LogP contribution in [0.5, 0.6) is 11.5 Å². The maximum atomic E-state index is 12.1. The fourth-order valence-electron chi connectivity index (χ4n) is 2.36. The van der Waals surface area contributed by atoms with Crippen LogP contribution in [0.2, 0.25) is 0 Å². The maximum Gasteiger partial charge on any atom is 0.224 e. The van der Waals surface area contributed by atoms with Gasteiger partial charge in [0.25, 0.3) is 0 Å². The lowest BCUT2D eigenvalue weighted by Gasteiger charge is -2.20. The first-order valence-electron chi connectivity index (χ1n) is 7.27. The number of nitrogens with zero attached hydrogens (tertiary/aromatic N) is 1. The molecule has 1 aliphatic rings. The van der Waals surface area contributed by atoms with Gasteiger partial charge in [-0.3, -0.25) is 9.78 Å². The van der Waals surface area contributed by atoms with Crippen LogP contribution in [0.3, 0.4) is 0 Å². The smallest absolute Gasteiger partial charge is 0.224 e. The SMILES string of the molecule is Cc1cc2c(cc1CC(=O)NCc1ccncc1)OCCO2. The van der Waals surface area contributed by atoms with Crippen LogP contribution in [0.1, 0.15) is 16.7 Å². The summed E-state index contributed by atoms with van der Waals surface area (Å²) in [4.78, 5) is 16.1. The van der Waals surface area contributed by atoms with E-state index in [0.717, 1.165) is 22.4 Å². The number of nitrogens with one attached hydrogen (secondary N) is 1. The summed E-state index contributed by atoms with van der Waals surface area (Å²) in [7, 11) is 0. The van der Waals surface area contributed by atoms with E-state index >= 15 is 0 Å². The van der Waals surface area contributed by atoms with E-state index in [1.165, 1.54) is 0 Å². The summed E-state index contributed by atoms with van der Waals surface area (Å²) in [5.74, 6) is 1.45. The number of rotatable bonds is 4. The molecule has 0 saturated carbocycles. The Balaban J connectivity index is 1.64. The highest BCUT2D eigenvalue weighted by atomic mass is 16.6. The largest absolute Gasteiger partial charge is 0.486 e. The summed E-state index contributed by atoms with van der Waals surface area (Å²) < 4.78 is 11.1. The van der Waals surface area contributed by atoms with Crippen molar-refractivity contribution < 1.29 is 14.3 Å². The van der Waals surface area contributed by atoms with Crippen LogP contribution in [-0.2, 0) is 17.8 Å². The van der Waals surface area contributed by atoms with Crippen molar-refractivity contribution in [1.29, 1.82) is 0 Å². The Morgan fingerprint density at radius 2 is 1.86 bits per heavy atom. The van der Waals surface area contributed by atoms with Crippen LogP contribution < -0.4 is 14.8 Å². The van der Waals surface area contributed by atoms with Gasteiger partial charge in [0.15, 0.2) is 11.5 Å². The highest BCUT2D eigenvalue weighted by Crippen LogP contribution is 2.33. The lowest BCUT2D eigenvalue weighted by Crippen LogP contribution is -2.25. The molecule has 2 heterocycles. The van der Waals surface area contributed by atoms with Crippen molar-refractivity contribution >= 4 is 5.91 Å². The minimum Gasteiger partial charge on any atom is -0.486 e. The number of fused-ring (bicyclic) bond motifs is 1. The number of aromatic nitrogens is 1. The molecule has 1 amide bonds. The Morgan fingerprint density at radius 3 is 2.59 bits per heavy atom. The first kappa shape index (κ1) is 14.4. The van der Waals surface area contributed by atoms with E-state index in [-0.39, 0.29) is 5.91 Å². The molecule has 0 spiro atoms. The molecular weight excluding hydrogens is 280 g/mol. The zero-order valence-corrected chi connectivity index (χ0v) is 12.5. The summed E-state index contributed by atoms with van der Waals surface area (Å²) in [6.45, 7) is 3.59. The second-order valence-electron chi connectivity index (χ2n) is 5.23. The van der Waals surface area contributed by atoms with Crippen molar-refractivity contribution in [3.05, 3.63) is 53.3 Å². The average molecular weight is 298 g/mol. The third kappa shape index (κ3) is 3.36. The van der Waals surface area contributed by atoms with Gasteiger partial charge in [0.2, 0.25) is 5.91 Å². The molecule has 5 heteroatoms. The molecule has 114 valence electrons. The van der Waals surface area contributed by atoms with Crippen LogP contribution in [0.15, 0.2) is 36.7 Å². The Labute approximate surface area is 129 Å². The monoisotopic (exact) mass is 298 g/mol. The second-order valence-corrected chi connectivity index (χ2v) is 5.23. The lowest BCUT2D eigenvalue weighted by atomic mass is 10.0. The van der Waals surface area contributed by atoms with Crippen LogP contribution in [0, 0.1) is 6.92 Å². The van der Waals surface area contributed by atoms with Gasteiger partial charge in [0.05, 0.1) is 6.42 Å². The highest BCUT2D eigenvalue weighted by molar-refractivity contribution is 5.79. The summed E-state index contributed by atoms with van der Waals surface area (Å²) in [5, 5.41) is 2.92. The van der Waals surface area contributed by atoms with Crippen molar-refractivity contribution in [2.24, 2.45) is 0 Å². The summed E-state index contributed by atoms with van der Waals surface area (Å²) in [6.07, 6.45) is 3.76. The van der Waals surface area contributed by atoms with Crippen LogP contribution >= 0.6 is 0 Å². The van der Waals surface area contributed by atoms with E-state index in [0.29, 0.717) is 31.9 Å². The van der Waals surface area contributed by atoms with E-state index in [9.17, 15) is 4.79 Å². The van der Waals surface area contributed by atoms with Gasteiger partial charge in [-0.2, -0.15) is 0 Å². The molecule has 1 aromatic carbocycles. The minimum absolute atomic E-state index is 0.0170. The molecule has 0 saturated heterocycles. The van der Waals surface area contributed by atoms with Crippen LogP contribution in [0.25, 0.3) is 0 Å². The second kappa shape index (κ2) is 6.47. The Kier molecular flexibility index (Phi) is 4.23. The van der Waals surface area contributed by atoms with E-state index in [1.807, 2.05) is 31.2 Å². The molecule has 0 aliphatic carbocycles. The Morgan fingerprint density at radius 1 is 1.18 bits per heavy atom. The normalized spacial score (nSPS) is 12.8. The standard InChI is InChI=1S/C17H18N2O3/c1-12-8-15-16(22-7-6-21-15)9-14(12)10-17(20)19-11-13-2-4-18-5-3-13/h2-5,8-9H,6-7,10-11H2,1H3,(H,19,20). The Bertz CT molecular complexity index is 671. The molecule has 2 aromatic rings. The third-order valence-electron chi connectivity index (χ3n) is 3.59. The summed E-state index contributed by atoms with van der Waals surface area (Å²) >= 11 is 0. The van der Waals surface area contributed by atoms with Gasteiger partial charge in [0.1, 0.15) is 13.2 Å². The van der Waals surface area contributed by atoms with E-state index in [4.69, 9.17) is 9.47 Å². The van der Waals surface area contributed by atoms with Gasteiger partial charge in [-0.05, 0) is 47.9 Å². The fraction of sp³-hybridized carbons (Fsp3) is 0.294. The molecule has 1 N–H and O–H groups in total. The molecule has 0 bridgehead atoms. The first-order valence-corrected chi connectivity index (χ1v) is 7.27. The molecule has 1 aliphatic heterocycles. The summed E-state index contributed by atoms with van der Waals surface area (Å²) in [6, 6.07) is 7.60. The van der Waals surface area contributed by atoms with Gasteiger partial charge >= 0.3 is 0 Å². The lowest BCUT2D eigenvalue weighted by molar-refractivity contribution is -0.120. The molecule has 22 heavy (non-hydrogen) atoms. The quantitative estimate of drug-likeness (QED) is 0.938. The number of aryl methyl sites for hydroxylation is 1. The number of carbonyl (C=O) groups is 1. The molecule has 3 rings (SSSR count). The Hall–Kier alpha value is -2.56. The topological polar surface area (TPSA) is 60.5 Å². The van der Waals surface area contributed by atoms with Crippen molar-refractivity contribution in [2.75, 3.05) is 13.2 Å². The van der Waals surface area contributed by atoms with Gasteiger partial charge in [0, 0.05) is 18.9 Å². The number of ether oxygens (including phenoxy) is 2. The number of carbonyl (C=O) groups excluding carboxylic acids is 1. The predicted octanol–water partition coefficient (Wildman–Crippen LogP) is 2.02. The molecule has 0 fully saturated rings. The summed E-state index contributed by atoms with van der Waals surface area (Å²) in [5.41, 5.74) is 3.02. The number of pyridine rings is 1. The minimum atomic E-state index is -0.0170. The molecule has 5 nitrogen and oxygen atoms in total. The molecule has 0 unspecified atom stereocenters. The first-order chi connectivity index (χ1) is 10.7. The van der Waals surface area contributed by atoms with Gasteiger partial charge < -0.3 is 14.8 Å². The number of hydrogen-bond acceptors (Lipinski definition) is 4. The molecule has 1 aromatic heterocycles. The van der Waals surface area contributed by atoms with Gasteiger partial charge in [-0.15, -0.1) is 0 Å². The maximum absolute atomic E-state index is 12.1. The third-order valence-corrected chi connectivity index (χ3v) is 3.59. The number of amides is 1. The van der Waals surface area contributed by atoms with Crippen molar-refractivity contribution in [2.45, 2.75) is 19.9 Å².